The molecule has 1 aliphatic rings. The molecule has 3 heterocycles. The van der Waals surface area contributed by atoms with Gasteiger partial charge in [-0.1, -0.05) is 6.92 Å². The Kier molecular flexibility index (Phi) is 3.35. The lowest BCUT2D eigenvalue weighted by atomic mass is 10.1. The summed E-state index contributed by atoms with van der Waals surface area (Å²) in [6.07, 6.45) is 6.06. The maximum absolute atomic E-state index is 4.73. The van der Waals surface area contributed by atoms with Gasteiger partial charge in [0.05, 0.1) is 22.4 Å². The molecule has 0 aliphatic carbocycles. The number of nitrogens with one attached hydrogen (secondary N) is 1. The van der Waals surface area contributed by atoms with E-state index in [0.29, 0.717) is 0 Å². The van der Waals surface area contributed by atoms with Crippen molar-refractivity contribution >= 4 is 21.7 Å². The van der Waals surface area contributed by atoms with Crippen molar-refractivity contribution in [2.75, 3.05) is 11.9 Å². The van der Waals surface area contributed by atoms with Crippen molar-refractivity contribution in [3.8, 4) is 0 Å². The van der Waals surface area contributed by atoms with Gasteiger partial charge in [0.25, 0.3) is 0 Å². The number of anilines is 1. The fraction of sp³-hybridized carbons (Fsp3) is 0.538. The van der Waals surface area contributed by atoms with Crippen molar-refractivity contribution < 1.29 is 0 Å². The van der Waals surface area contributed by atoms with Crippen molar-refractivity contribution in [1.29, 1.82) is 0 Å². The molecule has 0 spiro atoms. The summed E-state index contributed by atoms with van der Waals surface area (Å²) >= 11 is 3.65. The Bertz CT molecular complexity index is 586. The molecule has 102 valence electrons. The predicted octanol–water partition coefficient (Wildman–Crippen LogP) is 2.83. The topological polar surface area (TPSA) is 47.7 Å². The summed E-state index contributed by atoms with van der Waals surface area (Å²) in [6, 6.07) is 0.285. The smallest absolute Gasteiger partial charge is 0.139 e. The molecule has 6 heteroatoms. The lowest BCUT2D eigenvalue weighted by molar-refractivity contribution is 0.477. The molecule has 0 amide bonds. The molecule has 2 aromatic rings. The standard InChI is InChI=1S/C13H18BrN5/c1-3-10-12(14)13-15-6-5-11(19(13)17-10)9-7-16-18(4-2)8-9/h7-8,11,15H,3-6H2,1-2H3. The molecular formula is C13H18BrN5. The Hall–Kier alpha value is -1.30. The van der Waals surface area contributed by atoms with Gasteiger partial charge < -0.3 is 5.32 Å². The molecule has 1 aliphatic heterocycles. The van der Waals surface area contributed by atoms with E-state index in [0.717, 1.165) is 41.9 Å². The maximum Gasteiger partial charge on any atom is 0.139 e. The molecule has 1 unspecified atom stereocenters. The molecule has 19 heavy (non-hydrogen) atoms. The highest BCUT2D eigenvalue weighted by Gasteiger charge is 2.26. The summed E-state index contributed by atoms with van der Waals surface area (Å²) in [4.78, 5) is 0. The first-order valence-corrected chi connectivity index (χ1v) is 7.57. The second kappa shape index (κ2) is 5.00. The van der Waals surface area contributed by atoms with Crippen molar-refractivity contribution in [2.24, 2.45) is 0 Å². The average molecular weight is 324 g/mol. The molecule has 1 atom stereocenters. The van der Waals surface area contributed by atoms with Crippen molar-refractivity contribution in [1.82, 2.24) is 19.6 Å². The number of hydrogen-bond acceptors (Lipinski definition) is 3. The highest BCUT2D eigenvalue weighted by molar-refractivity contribution is 9.10. The molecule has 0 saturated heterocycles. The zero-order valence-electron chi connectivity index (χ0n) is 11.2. The van der Waals surface area contributed by atoms with Crippen LogP contribution in [0.25, 0.3) is 0 Å². The van der Waals surface area contributed by atoms with Crippen LogP contribution in [-0.4, -0.2) is 26.1 Å². The van der Waals surface area contributed by atoms with E-state index in [9.17, 15) is 0 Å². The number of nitrogens with zero attached hydrogens (tertiary/aromatic N) is 4. The van der Waals surface area contributed by atoms with Crippen LogP contribution >= 0.6 is 15.9 Å². The molecule has 3 rings (SSSR count). The van der Waals surface area contributed by atoms with E-state index in [2.05, 4.69) is 51.1 Å². The van der Waals surface area contributed by atoms with E-state index in [4.69, 9.17) is 5.10 Å². The summed E-state index contributed by atoms with van der Waals surface area (Å²) < 4.78 is 5.17. The minimum atomic E-state index is 0.285. The largest absolute Gasteiger partial charge is 0.369 e. The van der Waals surface area contributed by atoms with Crippen molar-refractivity contribution in [2.45, 2.75) is 39.3 Å². The molecule has 2 aromatic heterocycles. The van der Waals surface area contributed by atoms with Crippen LogP contribution in [0, 0.1) is 0 Å². The molecule has 5 nitrogen and oxygen atoms in total. The first-order chi connectivity index (χ1) is 9.24. The van der Waals surface area contributed by atoms with Crippen LogP contribution in [-0.2, 0) is 13.0 Å². The zero-order chi connectivity index (χ0) is 13.4. The second-order valence-corrected chi connectivity index (χ2v) is 5.56. The molecule has 0 radical (unpaired) electrons. The lowest BCUT2D eigenvalue weighted by Crippen LogP contribution is -2.24. The Labute approximate surface area is 121 Å². The minimum absolute atomic E-state index is 0.285. The number of fused-ring (bicyclic) bond motifs is 1. The van der Waals surface area contributed by atoms with Gasteiger partial charge in [0.1, 0.15) is 5.82 Å². The van der Waals surface area contributed by atoms with Crippen LogP contribution in [0.2, 0.25) is 0 Å². The normalized spacial score (nSPS) is 18.2. The van der Waals surface area contributed by atoms with Gasteiger partial charge in [0.2, 0.25) is 0 Å². The van der Waals surface area contributed by atoms with E-state index >= 15 is 0 Å². The fourth-order valence-corrected chi connectivity index (χ4v) is 3.23. The Morgan fingerprint density at radius 1 is 1.47 bits per heavy atom. The SMILES string of the molecule is CCc1nn2c(c1Br)NCCC2c1cnn(CC)c1. The van der Waals surface area contributed by atoms with Gasteiger partial charge in [-0.2, -0.15) is 10.2 Å². The third-order valence-corrected chi connectivity index (χ3v) is 4.45. The van der Waals surface area contributed by atoms with Gasteiger partial charge in [-0.25, -0.2) is 4.68 Å². The van der Waals surface area contributed by atoms with Gasteiger partial charge in [-0.3, -0.25) is 4.68 Å². The van der Waals surface area contributed by atoms with Gasteiger partial charge in [0, 0.05) is 24.8 Å². The van der Waals surface area contributed by atoms with Crippen LogP contribution < -0.4 is 5.32 Å². The van der Waals surface area contributed by atoms with E-state index in [1.165, 1.54) is 5.56 Å². The van der Waals surface area contributed by atoms with Crippen molar-refractivity contribution in [3.05, 3.63) is 28.1 Å². The average Bonchev–Trinajstić information content (AvgIpc) is 3.03. The third-order valence-electron chi connectivity index (χ3n) is 3.62. The van der Waals surface area contributed by atoms with Crippen molar-refractivity contribution in [3.63, 3.8) is 0 Å². The van der Waals surface area contributed by atoms with Crippen LogP contribution in [0.3, 0.4) is 0 Å². The molecular weight excluding hydrogens is 306 g/mol. The van der Waals surface area contributed by atoms with Gasteiger partial charge >= 0.3 is 0 Å². The number of aryl methyl sites for hydroxylation is 2. The fourth-order valence-electron chi connectivity index (χ4n) is 2.55. The summed E-state index contributed by atoms with van der Waals surface area (Å²) in [5, 5.41) is 12.5. The van der Waals surface area contributed by atoms with Crippen LogP contribution in [0.15, 0.2) is 16.9 Å². The molecule has 0 saturated carbocycles. The van der Waals surface area contributed by atoms with Crippen LogP contribution in [0.5, 0.6) is 0 Å². The van der Waals surface area contributed by atoms with Gasteiger partial charge in [0.15, 0.2) is 0 Å². The highest BCUT2D eigenvalue weighted by atomic mass is 79.9. The summed E-state index contributed by atoms with van der Waals surface area (Å²) in [5.74, 6) is 1.09. The van der Waals surface area contributed by atoms with Crippen LogP contribution in [0.4, 0.5) is 5.82 Å². The summed E-state index contributed by atoms with van der Waals surface area (Å²) in [6.45, 7) is 6.10. The molecule has 0 fully saturated rings. The second-order valence-electron chi connectivity index (χ2n) is 4.77. The Balaban J connectivity index is 2.02. The molecule has 0 bridgehead atoms. The van der Waals surface area contributed by atoms with Gasteiger partial charge in [-0.15, -0.1) is 0 Å². The number of halogens is 1. The monoisotopic (exact) mass is 323 g/mol. The first kappa shape index (κ1) is 12.7. The quantitative estimate of drug-likeness (QED) is 0.944. The maximum atomic E-state index is 4.73. The van der Waals surface area contributed by atoms with E-state index in [1.807, 2.05) is 10.9 Å². The third kappa shape index (κ3) is 2.08. The minimum Gasteiger partial charge on any atom is -0.369 e. The molecule has 1 N–H and O–H groups in total. The van der Waals surface area contributed by atoms with E-state index in [-0.39, 0.29) is 6.04 Å². The van der Waals surface area contributed by atoms with Crippen LogP contribution in [0.1, 0.15) is 37.6 Å². The van der Waals surface area contributed by atoms with E-state index in [1.54, 1.807) is 0 Å². The number of rotatable bonds is 3. The first-order valence-electron chi connectivity index (χ1n) is 6.77. The predicted molar refractivity (Wildman–Crippen MR) is 78.5 cm³/mol. The Morgan fingerprint density at radius 3 is 3.00 bits per heavy atom. The van der Waals surface area contributed by atoms with Gasteiger partial charge in [-0.05, 0) is 35.7 Å². The highest BCUT2D eigenvalue weighted by Crippen LogP contribution is 2.35. The summed E-state index contributed by atoms with van der Waals surface area (Å²) in [5.41, 5.74) is 2.35. The number of aromatic nitrogens is 4. The Morgan fingerprint density at radius 2 is 2.32 bits per heavy atom. The number of hydrogen-bond donors (Lipinski definition) is 1. The lowest BCUT2D eigenvalue weighted by Gasteiger charge is -2.25. The zero-order valence-corrected chi connectivity index (χ0v) is 12.8. The van der Waals surface area contributed by atoms with E-state index < -0.39 is 0 Å². The molecule has 0 aromatic carbocycles. The summed E-state index contributed by atoms with van der Waals surface area (Å²) in [7, 11) is 0.